The molecule has 1 N–H and O–H groups in total. The van der Waals surface area contributed by atoms with Gasteiger partial charge in [0.1, 0.15) is 5.76 Å². The fourth-order valence-corrected chi connectivity index (χ4v) is 4.30. The second kappa shape index (κ2) is 8.60. The molecule has 1 aliphatic rings. The summed E-state index contributed by atoms with van der Waals surface area (Å²) >= 11 is 7.52. The fraction of sp³-hybridized carbons (Fsp3) is 0.474. The van der Waals surface area contributed by atoms with E-state index in [4.69, 9.17) is 16.0 Å². The average molecular weight is 381 g/mol. The highest BCUT2D eigenvalue weighted by Crippen LogP contribution is 2.31. The Hall–Kier alpha value is -0.980. The van der Waals surface area contributed by atoms with Crippen molar-refractivity contribution in [3.05, 3.63) is 47.2 Å². The molecule has 136 valence electrons. The summed E-state index contributed by atoms with van der Waals surface area (Å²) in [6, 6.07) is 11.8. The number of likely N-dealkylation sites (tertiary alicyclic amines) is 1. The molecular formula is C19H25ClN2O2S. The van der Waals surface area contributed by atoms with Crippen molar-refractivity contribution in [2.75, 3.05) is 40.3 Å². The Morgan fingerprint density at radius 3 is 2.56 bits per heavy atom. The summed E-state index contributed by atoms with van der Waals surface area (Å²) in [5, 5.41) is 11.3. The first-order valence-corrected chi connectivity index (χ1v) is 9.73. The van der Waals surface area contributed by atoms with E-state index in [9.17, 15) is 5.11 Å². The van der Waals surface area contributed by atoms with Gasteiger partial charge in [0.05, 0.1) is 6.54 Å². The largest absolute Gasteiger partial charge is 0.453 e. The van der Waals surface area contributed by atoms with Crippen LogP contribution in [-0.4, -0.2) is 55.2 Å². The number of aliphatic hydroxyl groups is 1. The van der Waals surface area contributed by atoms with E-state index in [0.29, 0.717) is 11.8 Å². The van der Waals surface area contributed by atoms with E-state index in [1.54, 1.807) is 11.8 Å². The number of nitrogens with zero attached hydrogens (tertiary/aromatic N) is 2. The van der Waals surface area contributed by atoms with Crippen molar-refractivity contribution in [1.82, 2.24) is 9.80 Å². The Bertz CT molecular complexity index is 674. The molecule has 0 bridgehead atoms. The predicted octanol–water partition coefficient (Wildman–Crippen LogP) is 3.69. The highest BCUT2D eigenvalue weighted by Gasteiger charge is 2.32. The van der Waals surface area contributed by atoms with Crippen molar-refractivity contribution >= 4 is 23.4 Å². The topological polar surface area (TPSA) is 39.9 Å². The van der Waals surface area contributed by atoms with Crippen LogP contribution in [0.5, 0.6) is 0 Å². The van der Waals surface area contributed by atoms with E-state index in [-0.39, 0.29) is 6.61 Å². The molecule has 0 amide bonds. The molecule has 25 heavy (non-hydrogen) atoms. The molecule has 0 unspecified atom stereocenters. The van der Waals surface area contributed by atoms with Gasteiger partial charge in [-0.15, -0.1) is 0 Å². The summed E-state index contributed by atoms with van der Waals surface area (Å²) in [6.07, 6.45) is 0. The molecule has 2 aromatic rings. The first kappa shape index (κ1) is 18.8. The number of hydrogen-bond acceptors (Lipinski definition) is 5. The SMILES string of the molecule is CN(C)C[C@@H]1CN(Cc2ccc(Sc3ccc(Cl)cc3)o2)C[C@@H]1CO. The summed E-state index contributed by atoms with van der Waals surface area (Å²) in [5.41, 5.74) is 0. The summed E-state index contributed by atoms with van der Waals surface area (Å²) in [5.74, 6) is 1.83. The third-order valence-corrected chi connectivity index (χ3v) is 5.72. The zero-order valence-electron chi connectivity index (χ0n) is 14.7. The van der Waals surface area contributed by atoms with Crippen LogP contribution in [0.25, 0.3) is 0 Å². The van der Waals surface area contributed by atoms with E-state index in [1.165, 1.54) is 0 Å². The maximum absolute atomic E-state index is 9.64. The van der Waals surface area contributed by atoms with Crippen LogP contribution in [0.4, 0.5) is 0 Å². The smallest absolute Gasteiger partial charge is 0.165 e. The predicted molar refractivity (Wildman–Crippen MR) is 102 cm³/mol. The van der Waals surface area contributed by atoms with E-state index < -0.39 is 0 Å². The van der Waals surface area contributed by atoms with Gasteiger partial charge < -0.3 is 14.4 Å². The summed E-state index contributed by atoms with van der Waals surface area (Å²) in [6.45, 7) is 3.99. The van der Waals surface area contributed by atoms with Gasteiger partial charge in [-0.1, -0.05) is 23.4 Å². The van der Waals surface area contributed by atoms with Gasteiger partial charge in [0, 0.05) is 36.2 Å². The lowest BCUT2D eigenvalue weighted by Crippen LogP contribution is -2.28. The van der Waals surface area contributed by atoms with Crippen molar-refractivity contribution in [2.24, 2.45) is 11.8 Å². The Kier molecular flexibility index (Phi) is 6.47. The number of aliphatic hydroxyl groups excluding tert-OH is 1. The standard InChI is InChI=1S/C19H25ClN2O2S/c1-21(2)9-14-10-22(11-15(14)13-23)12-17-5-8-19(24-17)25-18-6-3-16(20)4-7-18/h3-8,14-15,23H,9-13H2,1-2H3/t14-,15-/m1/s1. The molecule has 1 aromatic carbocycles. The van der Waals surface area contributed by atoms with Gasteiger partial charge in [-0.25, -0.2) is 0 Å². The van der Waals surface area contributed by atoms with Crippen LogP contribution < -0.4 is 0 Å². The van der Waals surface area contributed by atoms with Crippen LogP contribution in [0.2, 0.25) is 5.02 Å². The van der Waals surface area contributed by atoms with Crippen molar-refractivity contribution in [3.63, 3.8) is 0 Å². The highest BCUT2D eigenvalue weighted by atomic mass is 35.5. The second-order valence-electron chi connectivity index (χ2n) is 6.94. The van der Waals surface area contributed by atoms with Gasteiger partial charge in [0.25, 0.3) is 0 Å². The monoisotopic (exact) mass is 380 g/mol. The maximum atomic E-state index is 9.64. The molecule has 6 heteroatoms. The Morgan fingerprint density at radius 2 is 1.88 bits per heavy atom. The fourth-order valence-electron chi connectivity index (χ4n) is 3.38. The molecule has 1 saturated heterocycles. The van der Waals surface area contributed by atoms with Crippen molar-refractivity contribution < 1.29 is 9.52 Å². The molecule has 0 saturated carbocycles. The Labute approximate surface area is 158 Å². The molecule has 3 rings (SSSR count). The summed E-state index contributed by atoms with van der Waals surface area (Å²) in [7, 11) is 4.17. The molecule has 0 spiro atoms. The van der Waals surface area contributed by atoms with E-state index in [2.05, 4.69) is 23.9 Å². The molecule has 0 radical (unpaired) electrons. The first-order valence-electron chi connectivity index (χ1n) is 8.53. The van der Waals surface area contributed by atoms with Gasteiger partial charge in [-0.05, 0) is 62.3 Å². The molecular weight excluding hydrogens is 356 g/mol. The van der Waals surface area contributed by atoms with Gasteiger partial charge in [0.15, 0.2) is 5.09 Å². The third-order valence-electron chi connectivity index (χ3n) is 4.53. The zero-order chi connectivity index (χ0) is 17.8. The van der Waals surface area contributed by atoms with Crippen molar-refractivity contribution in [3.8, 4) is 0 Å². The Balaban J connectivity index is 1.57. The molecule has 1 aliphatic heterocycles. The third kappa shape index (κ3) is 5.25. The molecule has 0 aliphatic carbocycles. The minimum absolute atomic E-state index is 0.255. The number of furan rings is 1. The molecule has 1 aromatic heterocycles. The van der Waals surface area contributed by atoms with Crippen LogP contribution >= 0.6 is 23.4 Å². The number of hydrogen-bond donors (Lipinski definition) is 1. The Morgan fingerprint density at radius 1 is 1.16 bits per heavy atom. The molecule has 2 atom stereocenters. The lowest BCUT2D eigenvalue weighted by Gasteiger charge is -2.20. The first-order chi connectivity index (χ1) is 12.0. The van der Waals surface area contributed by atoms with Crippen LogP contribution in [-0.2, 0) is 6.54 Å². The van der Waals surface area contributed by atoms with Crippen molar-refractivity contribution in [2.45, 2.75) is 16.5 Å². The van der Waals surface area contributed by atoms with Crippen LogP contribution in [0.15, 0.2) is 50.8 Å². The molecule has 1 fully saturated rings. The van der Waals surface area contributed by atoms with Crippen LogP contribution in [0.1, 0.15) is 5.76 Å². The lowest BCUT2D eigenvalue weighted by molar-refractivity contribution is 0.183. The number of halogens is 1. The van der Waals surface area contributed by atoms with Crippen LogP contribution in [0.3, 0.4) is 0 Å². The highest BCUT2D eigenvalue weighted by molar-refractivity contribution is 7.99. The second-order valence-corrected chi connectivity index (χ2v) is 8.45. The van der Waals surface area contributed by atoms with E-state index >= 15 is 0 Å². The molecule has 4 nitrogen and oxygen atoms in total. The van der Waals surface area contributed by atoms with Gasteiger partial charge in [-0.2, -0.15) is 0 Å². The van der Waals surface area contributed by atoms with Gasteiger partial charge in [0.2, 0.25) is 0 Å². The average Bonchev–Trinajstić information content (AvgIpc) is 3.16. The van der Waals surface area contributed by atoms with E-state index in [1.807, 2.05) is 36.4 Å². The minimum Gasteiger partial charge on any atom is -0.453 e. The van der Waals surface area contributed by atoms with E-state index in [0.717, 1.165) is 46.9 Å². The minimum atomic E-state index is 0.255. The molecule has 2 heterocycles. The van der Waals surface area contributed by atoms with Crippen molar-refractivity contribution in [1.29, 1.82) is 0 Å². The quantitative estimate of drug-likeness (QED) is 0.793. The van der Waals surface area contributed by atoms with Gasteiger partial charge >= 0.3 is 0 Å². The number of rotatable bonds is 7. The van der Waals surface area contributed by atoms with Gasteiger partial charge in [-0.3, -0.25) is 4.90 Å². The zero-order valence-corrected chi connectivity index (χ0v) is 16.3. The summed E-state index contributed by atoms with van der Waals surface area (Å²) in [4.78, 5) is 5.69. The number of benzene rings is 1. The normalized spacial score (nSPS) is 21.3. The van der Waals surface area contributed by atoms with Crippen LogP contribution in [0, 0.1) is 11.8 Å². The lowest BCUT2D eigenvalue weighted by atomic mass is 9.97. The maximum Gasteiger partial charge on any atom is 0.165 e. The summed E-state index contributed by atoms with van der Waals surface area (Å²) < 4.78 is 5.98.